The van der Waals surface area contributed by atoms with Gasteiger partial charge in [0.2, 0.25) is 0 Å². The average Bonchev–Trinajstić information content (AvgIpc) is 3.83. The molecular formula is C48H28O2. The predicted molar refractivity (Wildman–Crippen MR) is 210 cm³/mol. The number of furan rings is 2. The Morgan fingerprint density at radius 3 is 1.58 bits per heavy atom. The van der Waals surface area contributed by atoms with E-state index < -0.39 is 24.2 Å². The summed E-state index contributed by atoms with van der Waals surface area (Å²) in [4.78, 5) is 0. The molecule has 0 spiro atoms. The van der Waals surface area contributed by atoms with Crippen molar-refractivity contribution in [2.45, 2.75) is 0 Å². The van der Waals surface area contributed by atoms with Gasteiger partial charge in [-0.1, -0.05) is 139 Å². The maximum absolute atomic E-state index is 9.39. The van der Waals surface area contributed by atoms with Crippen molar-refractivity contribution in [2.75, 3.05) is 0 Å². The van der Waals surface area contributed by atoms with Crippen LogP contribution in [0.2, 0.25) is 0 Å². The highest BCUT2D eigenvalue weighted by molar-refractivity contribution is 6.23. The summed E-state index contributed by atoms with van der Waals surface area (Å²) in [6.45, 7) is 0. The van der Waals surface area contributed by atoms with Crippen LogP contribution in [0.15, 0.2) is 179 Å². The highest BCUT2D eigenvalue weighted by atomic mass is 16.4. The lowest BCUT2D eigenvalue weighted by atomic mass is 9.85. The lowest BCUT2D eigenvalue weighted by Crippen LogP contribution is -1.91. The summed E-state index contributed by atoms with van der Waals surface area (Å²) in [7, 11) is 0. The van der Waals surface area contributed by atoms with E-state index in [4.69, 9.17) is 14.3 Å². The Balaban J connectivity index is 1.24. The second-order valence-corrected chi connectivity index (χ2v) is 12.6. The van der Waals surface area contributed by atoms with E-state index >= 15 is 0 Å². The average molecular weight is 645 g/mol. The van der Waals surface area contributed by atoms with Gasteiger partial charge >= 0.3 is 0 Å². The minimum absolute atomic E-state index is 0.156. The van der Waals surface area contributed by atoms with E-state index in [1.807, 2.05) is 91.0 Å². The number of hydrogen-bond acceptors (Lipinski definition) is 2. The molecular weight excluding hydrogens is 609 g/mol. The fourth-order valence-electron chi connectivity index (χ4n) is 7.67. The Kier molecular flexibility index (Phi) is 4.31. The van der Waals surface area contributed by atoms with Crippen LogP contribution in [0.1, 0.15) is 11.0 Å². The summed E-state index contributed by atoms with van der Waals surface area (Å²) in [5, 5.41) is 6.16. The number of benzene rings is 9. The first-order valence-corrected chi connectivity index (χ1v) is 16.4. The lowest BCUT2D eigenvalue weighted by molar-refractivity contribution is 0.633. The van der Waals surface area contributed by atoms with Crippen molar-refractivity contribution in [3.8, 4) is 33.4 Å². The fraction of sp³-hybridized carbons (Fsp3) is 0. The normalized spacial score (nSPS) is 14.2. The first kappa shape index (κ1) is 20.7. The van der Waals surface area contributed by atoms with Gasteiger partial charge in [-0.3, -0.25) is 0 Å². The molecule has 2 heterocycles. The van der Waals surface area contributed by atoms with E-state index in [1.165, 1.54) is 0 Å². The minimum atomic E-state index is -0.446. The van der Waals surface area contributed by atoms with Gasteiger partial charge in [-0.15, -0.1) is 0 Å². The second-order valence-electron chi connectivity index (χ2n) is 12.6. The molecule has 0 N–H and O–H groups in total. The summed E-state index contributed by atoms with van der Waals surface area (Å²) in [6, 6.07) is 36.0. The molecule has 50 heavy (non-hydrogen) atoms. The largest absolute Gasteiger partial charge is 0.452 e. The van der Waals surface area contributed by atoms with Gasteiger partial charge in [0.1, 0.15) is 11.2 Å². The fourth-order valence-corrected chi connectivity index (χ4v) is 7.67. The van der Waals surface area contributed by atoms with Crippen molar-refractivity contribution in [1.29, 1.82) is 0 Å². The van der Waals surface area contributed by atoms with Crippen LogP contribution in [0.25, 0.3) is 110 Å². The molecule has 0 atom stereocenters. The lowest BCUT2D eigenvalue weighted by Gasteiger charge is -2.18. The molecule has 2 nitrogen and oxygen atoms in total. The number of para-hydroxylation sites is 1. The minimum Gasteiger partial charge on any atom is -0.452 e. The van der Waals surface area contributed by atoms with Gasteiger partial charge in [0, 0.05) is 21.5 Å². The van der Waals surface area contributed by atoms with Crippen molar-refractivity contribution in [3.05, 3.63) is 170 Å². The van der Waals surface area contributed by atoms with Gasteiger partial charge in [0.25, 0.3) is 0 Å². The van der Waals surface area contributed by atoms with Crippen LogP contribution in [0, 0.1) is 0 Å². The molecule has 0 fully saturated rings. The summed E-state index contributed by atoms with van der Waals surface area (Å²) >= 11 is 0. The monoisotopic (exact) mass is 644 g/mol. The highest BCUT2D eigenvalue weighted by Gasteiger charge is 2.20. The van der Waals surface area contributed by atoms with Crippen LogP contribution >= 0.6 is 0 Å². The van der Waals surface area contributed by atoms with Crippen LogP contribution in [0.4, 0.5) is 0 Å². The maximum atomic E-state index is 9.39. The van der Waals surface area contributed by atoms with Gasteiger partial charge in [0.05, 0.1) is 11.0 Å². The molecule has 0 aliphatic carbocycles. The van der Waals surface area contributed by atoms with Gasteiger partial charge < -0.3 is 8.83 Å². The Hall–Kier alpha value is -6.64. The van der Waals surface area contributed by atoms with Crippen molar-refractivity contribution >= 4 is 76.2 Å². The van der Waals surface area contributed by atoms with Gasteiger partial charge in [-0.2, -0.15) is 0 Å². The molecule has 0 bridgehead atoms. The standard InChI is InChI=1S/C48H28O2/c1-2-12-33-29(10-1)11-9-18-34(33)30-20-22-31(23-21-30)45-36-14-3-5-16-38(36)46(39-17-6-4-15-37(39)45)32-24-27-44-42(28-32)41-26-25-40-35-13-7-8-19-43(35)49-47(40)48(41)50-44/h1-28H/i3D,4D,5D,6D,14D,15D,16D,17D. The van der Waals surface area contributed by atoms with Gasteiger partial charge in [0.15, 0.2) is 11.2 Å². The van der Waals surface area contributed by atoms with Gasteiger partial charge in [-0.05, 0) is 96.0 Å². The number of rotatable bonds is 3. The van der Waals surface area contributed by atoms with E-state index in [2.05, 4.69) is 18.2 Å². The Morgan fingerprint density at radius 1 is 0.360 bits per heavy atom. The van der Waals surface area contributed by atoms with Crippen molar-refractivity contribution < 1.29 is 19.8 Å². The summed E-state index contributed by atoms with van der Waals surface area (Å²) in [6.07, 6.45) is 0. The first-order chi connectivity index (χ1) is 28.1. The zero-order valence-electron chi connectivity index (χ0n) is 34.4. The third kappa shape index (κ3) is 3.90. The SMILES string of the molecule is [2H]c1c([2H])c([2H])c2c(-c3ccc4oc5c(ccc6c7ccccc7oc65)c4c3)c3c([2H])c([2H])c([2H])c([2H])c3c(-c3ccc(-c4cccc5ccccc45)cc3)c2c1[2H]. The maximum Gasteiger partial charge on any atom is 0.178 e. The number of fused-ring (bicyclic) bond motifs is 10. The molecule has 0 amide bonds. The zero-order chi connectivity index (χ0) is 39.7. The Morgan fingerprint density at radius 2 is 0.880 bits per heavy atom. The third-order valence-electron chi connectivity index (χ3n) is 9.92. The van der Waals surface area contributed by atoms with E-state index in [1.54, 1.807) is 12.1 Å². The molecule has 0 aliphatic rings. The van der Waals surface area contributed by atoms with Crippen molar-refractivity contribution in [2.24, 2.45) is 0 Å². The van der Waals surface area contributed by atoms with E-state index in [-0.39, 0.29) is 51.3 Å². The van der Waals surface area contributed by atoms with Crippen LogP contribution in [-0.2, 0) is 0 Å². The number of hydrogen-bond donors (Lipinski definition) is 0. The molecule has 232 valence electrons. The molecule has 0 radical (unpaired) electrons. The molecule has 0 unspecified atom stereocenters. The molecule has 9 aromatic carbocycles. The van der Waals surface area contributed by atoms with Crippen LogP contribution in [0.3, 0.4) is 0 Å². The molecule has 2 heteroatoms. The summed E-state index contributed by atoms with van der Waals surface area (Å²) in [5.41, 5.74) is 6.03. The summed E-state index contributed by atoms with van der Waals surface area (Å²) < 4.78 is 85.5. The highest BCUT2D eigenvalue weighted by Crippen LogP contribution is 2.46. The predicted octanol–water partition coefficient (Wildman–Crippen LogP) is 13.9. The molecule has 0 saturated carbocycles. The van der Waals surface area contributed by atoms with Crippen LogP contribution in [-0.4, -0.2) is 0 Å². The summed E-state index contributed by atoms with van der Waals surface area (Å²) in [5.74, 6) is 0. The zero-order valence-corrected chi connectivity index (χ0v) is 26.4. The van der Waals surface area contributed by atoms with Crippen LogP contribution < -0.4 is 0 Å². The molecule has 0 saturated heterocycles. The van der Waals surface area contributed by atoms with Crippen molar-refractivity contribution in [1.82, 2.24) is 0 Å². The Bertz CT molecular complexity index is 3520. The third-order valence-corrected chi connectivity index (χ3v) is 9.92. The first-order valence-electron chi connectivity index (χ1n) is 20.4. The molecule has 0 aliphatic heterocycles. The quantitative estimate of drug-likeness (QED) is 0.179. The molecule has 2 aromatic heterocycles. The second kappa shape index (κ2) is 10.4. The smallest absolute Gasteiger partial charge is 0.178 e. The molecule has 11 rings (SSSR count). The Labute approximate surface area is 298 Å². The van der Waals surface area contributed by atoms with Crippen LogP contribution in [0.5, 0.6) is 0 Å². The van der Waals surface area contributed by atoms with E-state index in [0.29, 0.717) is 38.8 Å². The van der Waals surface area contributed by atoms with E-state index in [0.717, 1.165) is 43.6 Å². The molecule has 11 aromatic rings. The van der Waals surface area contributed by atoms with Gasteiger partial charge in [-0.25, -0.2) is 0 Å². The van der Waals surface area contributed by atoms with E-state index in [9.17, 15) is 5.48 Å². The van der Waals surface area contributed by atoms with Crippen molar-refractivity contribution in [3.63, 3.8) is 0 Å². The topological polar surface area (TPSA) is 26.3 Å².